The van der Waals surface area contributed by atoms with Crippen LogP contribution in [0.3, 0.4) is 0 Å². The lowest BCUT2D eigenvalue weighted by Gasteiger charge is -2.25. The fourth-order valence-corrected chi connectivity index (χ4v) is 2.53. The second-order valence-corrected chi connectivity index (χ2v) is 5.14. The summed E-state index contributed by atoms with van der Waals surface area (Å²) in [6.07, 6.45) is 0. The van der Waals surface area contributed by atoms with Gasteiger partial charge in [0.25, 0.3) is 0 Å². The molecule has 16 heavy (non-hydrogen) atoms. The van der Waals surface area contributed by atoms with Crippen LogP contribution in [0.2, 0.25) is 0 Å². The summed E-state index contributed by atoms with van der Waals surface area (Å²) in [5.74, 6) is 1.93. The first-order valence-electron chi connectivity index (χ1n) is 6.11. The minimum atomic E-state index is 0.314. The van der Waals surface area contributed by atoms with Gasteiger partial charge in [-0.05, 0) is 24.8 Å². The molecule has 3 unspecified atom stereocenters. The van der Waals surface area contributed by atoms with Gasteiger partial charge in [0, 0.05) is 24.7 Å². The van der Waals surface area contributed by atoms with Gasteiger partial charge in [-0.15, -0.1) is 0 Å². The summed E-state index contributed by atoms with van der Waals surface area (Å²) < 4.78 is 0. The summed E-state index contributed by atoms with van der Waals surface area (Å²) >= 11 is 0. The Morgan fingerprint density at radius 1 is 1.19 bits per heavy atom. The Bertz CT molecular complexity index is 354. The van der Waals surface area contributed by atoms with Crippen LogP contribution in [0, 0.1) is 11.8 Å². The lowest BCUT2D eigenvalue weighted by molar-refractivity contribution is 0.246. The summed E-state index contributed by atoms with van der Waals surface area (Å²) in [5, 5.41) is 9.85. The minimum absolute atomic E-state index is 0.314. The molecule has 1 aromatic carbocycles. The van der Waals surface area contributed by atoms with E-state index in [-0.39, 0.29) is 0 Å². The minimum Gasteiger partial charge on any atom is -0.508 e. The summed E-state index contributed by atoms with van der Waals surface area (Å²) in [6.45, 7) is 9.07. The zero-order valence-electron chi connectivity index (χ0n) is 10.4. The molecule has 3 atom stereocenters. The molecule has 1 heterocycles. The van der Waals surface area contributed by atoms with Crippen molar-refractivity contribution in [1.29, 1.82) is 0 Å². The highest BCUT2D eigenvalue weighted by atomic mass is 16.3. The van der Waals surface area contributed by atoms with E-state index in [1.807, 2.05) is 18.2 Å². The Morgan fingerprint density at radius 3 is 2.31 bits per heavy atom. The van der Waals surface area contributed by atoms with E-state index < -0.39 is 0 Å². The lowest BCUT2D eigenvalue weighted by atomic mass is 10.0. The number of benzene rings is 1. The van der Waals surface area contributed by atoms with Gasteiger partial charge in [-0.3, -0.25) is 4.90 Å². The van der Waals surface area contributed by atoms with Crippen LogP contribution in [0.25, 0.3) is 0 Å². The van der Waals surface area contributed by atoms with E-state index in [1.54, 1.807) is 6.07 Å². The molecular weight excluding hydrogens is 198 g/mol. The molecule has 0 saturated carbocycles. The maximum absolute atomic E-state index is 9.85. The number of phenols is 1. The van der Waals surface area contributed by atoms with E-state index in [4.69, 9.17) is 0 Å². The molecule has 1 aliphatic rings. The largest absolute Gasteiger partial charge is 0.508 e. The Hall–Kier alpha value is -1.02. The second-order valence-electron chi connectivity index (χ2n) is 5.14. The van der Waals surface area contributed by atoms with Gasteiger partial charge in [0.1, 0.15) is 5.75 Å². The van der Waals surface area contributed by atoms with Crippen molar-refractivity contribution in [2.75, 3.05) is 13.1 Å². The number of aromatic hydroxyl groups is 1. The van der Waals surface area contributed by atoms with E-state index in [1.165, 1.54) is 0 Å². The van der Waals surface area contributed by atoms with Crippen LogP contribution in [0.5, 0.6) is 5.75 Å². The molecule has 0 aromatic heterocycles. The van der Waals surface area contributed by atoms with Crippen molar-refractivity contribution in [2.24, 2.45) is 11.8 Å². The molecule has 0 radical (unpaired) electrons. The van der Waals surface area contributed by atoms with Crippen LogP contribution in [0.15, 0.2) is 24.3 Å². The Morgan fingerprint density at radius 2 is 1.75 bits per heavy atom. The van der Waals surface area contributed by atoms with Crippen molar-refractivity contribution in [3.8, 4) is 5.75 Å². The first-order valence-corrected chi connectivity index (χ1v) is 6.11. The van der Waals surface area contributed by atoms with Crippen molar-refractivity contribution in [3.05, 3.63) is 29.8 Å². The van der Waals surface area contributed by atoms with E-state index >= 15 is 0 Å². The van der Waals surface area contributed by atoms with Crippen molar-refractivity contribution in [3.63, 3.8) is 0 Å². The molecule has 1 aliphatic heterocycles. The quantitative estimate of drug-likeness (QED) is 0.826. The summed E-state index contributed by atoms with van der Waals surface area (Å²) in [4.78, 5) is 2.46. The highest BCUT2D eigenvalue weighted by Gasteiger charge is 2.30. The number of phenolic OH excluding ortho intramolecular Hbond substituents is 1. The van der Waals surface area contributed by atoms with Gasteiger partial charge in [-0.1, -0.05) is 32.0 Å². The van der Waals surface area contributed by atoms with Gasteiger partial charge < -0.3 is 5.11 Å². The fraction of sp³-hybridized carbons (Fsp3) is 0.571. The van der Waals surface area contributed by atoms with Gasteiger partial charge >= 0.3 is 0 Å². The third-order valence-electron chi connectivity index (χ3n) is 3.95. The van der Waals surface area contributed by atoms with Crippen molar-refractivity contribution >= 4 is 0 Å². The average molecular weight is 219 g/mol. The molecule has 0 aliphatic carbocycles. The topological polar surface area (TPSA) is 23.5 Å². The normalized spacial score (nSPS) is 28.2. The van der Waals surface area contributed by atoms with Crippen LogP contribution in [0.1, 0.15) is 32.4 Å². The predicted octanol–water partition coefficient (Wildman–Crippen LogP) is 3.04. The number of likely N-dealkylation sites (tertiary alicyclic amines) is 1. The van der Waals surface area contributed by atoms with Crippen LogP contribution in [0.4, 0.5) is 0 Å². The van der Waals surface area contributed by atoms with Crippen LogP contribution < -0.4 is 0 Å². The lowest BCUT2D eigenvalue weighted by Crippen LogP contribution is -2.24. The molecular formula is C14H21NO. The Balaban J connectivity index is 2.14. The number of hydrogen-bond acceptors (Lipinski definition) is 2. The van der Waals surface area contributed by atoms with E-state index in [0.29, 0.717) is 11.8 Å². The second kappa shape index (κ2) is 4.46. The molecule has 0 bridgehead atoms. The maximum atomic E-state index is 9.85. The first-order chi connectivity index (χ1) is 7.59. The third kappa shape index (κ3) is 2.07. The zero-order chi connectivity index (χ0) is 11.7. The van der Waals surface area contributed by atoms with Gasteiger partial charge in [0.05, 0.1) is 0 Å². The number of rotatable bonds is 2. The molecule has 2 heteroatoms. The van der Waals surface area contributed by atoms with Crippen molar-refractivity contribution in [2.45, 2.75) is 26.8 Å². The van der Waals surface area contributed by atoms with Gasteiger partial charge in [0.2, 0.25) is 0 Å². The van der Waals surface area contributed by atoms with Gasteiger partial charge in [-0.2, -0.15) is 0 Å². The number of hydrogen-bond donors (Lipinski definition) is 1. The Kier molecular flexibility index (Phi) is 3.20. The number of nitrogens with zero attached hydrogens (tertiary/aromatic N) is 1. The monoisotopic (exact) mass is 219 g/mol. The molecule has 1 fully saturated rings. The molecule has 0 spiro atoms. The SMILES string of the molecule is CC1CN(C(C)c2ccccc2O)CC1C. The summed E-state index contributed by atoms with van der Waals surface area (Å²) in [6, 6.07) is 7.98. The average Bonchev–Trinajstić information content (AvgIpc) is 2.59. The molecule has 1 aromatic rings. The summed E-state index contributed by atoms with van der Waals surface area (Å²) in [7, 11) is 0. The van der Waals surface area contributed by atoms with Crippen LogP contribution in [-0.2, 0) is 0 Å². The first kappa shape index (κ1) is 11.5. The van der Waals surface area contributed by atoms with Crippen molar-refractivity contribution in [1.82, 2.24) is 4.90 Å². The predicted molar refractivity (Wildman–Crippen MR) is 66.4 cm³/mol. The Labute approximate surface area is 97.9 Å². The van der Waals surface area contributed by atoms with Crippen molar-refractivity contribution < 1.29 is 5.11 Å². The van der Waals surface area contributed by atoms with E-state index in [0.717, 1.165) is 30.5 Å². The third-order valence-corrected chi connectivity index (χ3v) is 3.95. The van der Waals surface area contributed by atoms with E-state index in [2.05, 4.69) is 25.7 Å². The smallest absolute Gasteiger partial charge is 0.120 e. The highest BCUT2D eigenvalue weighted by Crippen LogP contribution is 2.33. The van der Waals surface area contributed by atoms with E-state index in [9.17, 15) is 5.11 Å². The molecule has 88 valence electrons. The number of para-hydroxylation sites is 1. The standard InChI is InChI=1S/C14H21NO/c1-10-8-15(9-11(10)2)12(3)13-6-4-5-7-14(13)16/h4-7,10-12,16H,8-9H2,1-3H3. The van der Waals surface area contributed by atoms with Crippen LogP contribution in [-0.4, -0.2) is 23.1 Å². The van der Waals surface area contributed by atoms with Gasteiger partial charge in [-0.25, -0.2) is 0 Å². The summed E-state index contributed by atoms with van der Waals surface area (Å²) in [5.41, 5.74) is 1.05. The molecule has 2 nitrogen and oxygen atoms in total. The molecule has 0 amide bonds. The molecule has 1 N–H and O–H groups in total. The molecule has 2 rings (SSSR count). The maximum Gasteiger partial charge on any atom is 0.120 e. The van der Waals surface area contributed by atoms with Gasteiger partial charge in [0.15, 0.2) is 0 Å². The highest BCUT2D eigenvalue weighted by molar-refractivity contribution is 5.34. The molecule has 1 saturated heterocycles. The zero-order valence-corrected chi connectivity index (χ0v) is 10.4. The van der Waals surface area contributed by atoms with Crippen LogP contribution >= 0.6 is 0 Å². The fourth-order valence-electron chi connectivity index (χ4n) is 2.53.